The van der Waals surface area contributed by atoms with Gasteiger partial charge in [-0.2, -0.15) is 8.78 Å². The van der Waals surface area contributed by atoms with Gasteiger partial charge in [0.1, 0.15) is 5.75 Å². The van der Waals surface area contributed by atoms with E-state index >= 15 is 0 Å². The van der Waals surface area contributed by atoms with Crippen molar-refractivity contribution in [3.63, 3.8) is 0 Å². The topological polar surface area (TPSA) is 67.4 Å². The molecule has 29 heavy (non-hydrogen) atoms. The van der Waals surface area contributed by atoms with Gasteiger partial charge in [-0.1, -0.05) is 24.3 Å². The molecule has 0 aliphatic rings. The largest absolute Gasteiger partial charge is 0.435 e. The normalized spacial score (nSPS) is 10.5. The zero-order valence-corrected chi connectivity index (χ0v) is 15.5. The number of carbonyl (C=O) groups is 2. The van der Waals surface area contributed by atoms with Crippen molar-refractivity contribution in [2.75, 3.05) is 10.6 Å². The fourth-order valence-electron chi connectivity index (χ4n) is 2.60. The predicted molar refractivity (Wildman–Crippen MR) is 107 cm³/mol. The second-order valence-electron chi connectivity index (χ2n) is 6.21. The first kappa shape index (κ1) is 20.0. The molecule has 0 saturated heterocycles. The van der Waals surface area contributed by atoms with Crippen molar-refractivity contribution in [2.24, 2.45) is 0 Å². The van der Waals surface area contributed by atoms with Gasteiger partial charge in [-0.15, -0.1) is 0 Å². The number of halogens is 2. The van der Waals surface area contributed by atoms with Gasteiger partial charge >= 0.3 is 6.61 Å². The number of aryl methyl sites for hydroxylation is 1. The van der Waals surface area contributed by atoms with Crippen molar-refractivity contribution in [1.82, 2.24) is 0 Å². The van der Waals surface area contributed by atoms with Gasteiger partial charge in [-0.3, -0.25) is 9.59 Å². The molecule has 0 unspecified atom stereocenters. The number of anilines is 2. The Hall–Kier alpha value is -3.74. The molecule has 0 aliphatic carbocycles. The van der Waals surface area contributed by atoms with E-state index in [1.807, 2.05) is 13.0 Å². The Morgan fingerprint density at radius 3 is 2.14 bits per heavy atom. The van der Waals surface area contributed by atoms with E-state index in [1.165, 1.54) is 24.3 Å². The average Bonchev–Trinajstić information content (AvgIpc) is 2.71. The van der Waals surface area contributed by atoms with E-state index < -0.39 is 12.5 Å². The number of rotatable bonds is 6. The van der Waals surface area contributed by atoms with Crippen LogP contribution in [0.1, 0.15) is 26.3 Å². The number of hydrogen-bond donors (Lipinski definition) is 2. The van der Waals surface area contributed by atoms with Crippen LogP contribution in [0.4, 0.5) is 20.2 Å². The number of benzene rings is 3. The molecule has 3 aromatic carbocycles. The highest BCUT2D eigenvalue weighted by Crippen LogP contribution is 2.21. The quantitative estimate of drug-likeness (QED) is 0.609. The maximum absolute atomic E-state index is 12.5. The second kappa shape index (κ2) is 8.97. The van der Waals surface area contributed by atoms with Crippen molar-refractivity contribution in [3.05, 3.63) is 89.5 Å². The molecule has 0 heterocycles. The Balaban J connectivity index is 1.71. The van der Waals surface area contributed by atoms with Crippen LogP contribution in [0.2, 0.25) is 0 Å². The van der Waals surface area contributed by atoms with Gasteiger partial charge in [0.05, 0.1) is 0 Å². The number of hydrogen-bond acceptors (Lipinski definition) is 3. The summed E-state index contributed by atoms with van der Waals surface area (Å²) in [6.45, 7) is -1.09. The molecule has 3 rings (SSSR count). The summed E-state index contributed by atoms with van der Waals surface area (Å²) in [4.78, 5) is 24.9. The van der Waals surface area contributed by atoms with Crippen LogP contribution in [-0.4, -0.2) is 18.4 Å². The first-order valence-corrected chi connectivity index (χ1v) is 8.75. The van der Waals surface area contributed by atoms with Crippen LogP contribution in [0.3, 0.4) is 0 Å². The molecule has 0 spiro atoms. The van der Waals surface area contributed by atoms with E-state index in [4.69, 9.17) is 0 Å². The predicted octanol–water partition coefficient (Wildman–Crippen LogP) is 5.10. The van der Waals surface area contributed by atoms with E-state index in [1.54, 1.807) is 42.5 Å². The fraction of sp³-hybridized carbons (Fsp3) is 0.0909. The summed E-state index contributed by atoms with van der Waals surface area (Å²) < 4.78 is 28.7. The first-order valence-electron chi connectivity index (χ1n) is 8.75. The molecule has 0 atom stereocenters. The molecule has 2 amide bonds. The Morgan fingerprint density at radius 2 is 1.48 bits per heavy atom. The van der Waals surface area contributed by atoms with E-state index in [0.717, 1.165) is 5.56 Å². The van der Waals surface area contributed by atoms with Crippen LogP contribution in [0, 0.1) is 6.92 Å². The molecule has 0 bridgehead atoms. The van der Waals surface area contributed by atoms with Gasteiger partial charge in [0.25, 0.3) is 11.8 Å². The first-order chi connectivity index (χ1) is 13.9. The van der Waals surface area contributed by atoms with E-state index in [-0.39, 0.29) is 11.7 Å². The van der Waals surface area contributed by atoms with E-state index in [0.29, 0.717) is 22.5 Å². The SMILES string of the molecule is Cc1ccc(C(=O)Nc2ccc(OC(F)F)cc2)cc1NC(=O)c1ccccc1. The van der Waals surface area contributed by atoms with Gasteiger partial charge in [-0.25, -0.2) is 0 Å². The molecule has 0 saturated carbocycles. The Morgan fingerprint density at radius 1 is 0.828 bits per heavy atom. The standard InChI is InChI=1S/C22H18F2N2O3/c1-14-7-8-16(13-19(14)26-20(27)15-5-3-2-4-6-15)21(28)25-17-9-11-18(12-10-17)29-22(23)24/h2-13,22H,1H3,(H,25,28)(H,26,27). The summed E-state index contributed by atoms with van der Waals surface area (Å²) in [6.07, 6.45) is 0. The summed E-state index contributed by atoms with van der Waals surface area (Å²) >= 11 is 0. The molecule has 2 N–H and O–H groups in total. The number of amides is 2. The van der Waals surface area contributed by atoms with Crippen molar-refractivity contribution in [2.45, 2.75) is 13.5 Å². The zero-order chi connectivity index (χ0) is 20.8. The molecular formula is C22H18F2N2O3. The fourth-order valence-corrected chi connectivity index (χ4v) is 2.60. The van der Waals surface area contributed by atoms with Crippen LogP contribution in [-0.2, 0) is 0 Å². The Bertz CT molecular complexity index is 1010. The number of ether oxygens (including phenoxy) is 1. The molecule has 0 radical (unpaired) electrons. The number of alkyl halides is 2. The third-order valence-corrected chi connectivity index (χ3v) is 4.12. The van der Waals surface area contributed by atoms with Crippen molar-refractivity contribution in [3.8, 4) is 5.75 Å². The number of carbonyl (C=O) groups excluding carboxylic acids is 2. The van der Waals surface area contributed by atoms with Crippen LogP contribution in [0.15, 0.2) is 72.8 Å². The van der Waals surface area contributed by atoms with Gasteiger partial charge in [0, 0.05) is 22.5 Å². The van der Waals surface area contributed by atoms with E-state index in [2.05, 4.69) is 15.4 Å². The molecular weight excluding hydrogens is 378 g/mol. The highest BCUT2D eigenvalue weighted by atomic mass is 19.3. The summed E-state index contributed by atoms with van der Waals surface area (Å²) in [7, 11) is 0. The maximum Gasteiger partial charge on any atom is 0.387 e. The summed E-state index contributed by atoms with van der Waals surface area (Å²) in [6, 6.07) is 19.3. The van der Waals surface area contributed by atoms with Crippen LogP contribution in [0.25, 0.3) is 0 Å². The van der Waals surface area contributed by atoms with Crippen molar-refractivity contribution < 1.29 is 23.1 Å². The lowest BCUT2D eigenvalue weighted by molar-refractivity contribution is -0.0498. The summed E-state index contributed by atoms with van der Waals surface area (Å²) in [5.74, 6) is -0.678. The van der Waals surface area contributed by atoms with Gasteiger partial charge < -0.3 is 15.4 Å². The maximum atomic E-state index is 12.5. The molecule has 7 heteroatoms. The third kappa shape index (κ3) is 5.38. The lowest BCUT2D eigenvalue weighted by atomic mass is 10.1. The van der Waals surface area contributed by atoms with E-state index in [9.17, 15) is 18.4 Å². The lowest BCUT2D eigenvalue weighted by Crippen LogP contribution is -2.15. The van der Waals surface area contributed by atoms with Crippen molar-refractivity contribution in [1.29, 1.82) is 0 Å². The molecule has 3 aromatic rings. The van der Waals surface area contributed by atoms with Crippen LogP contribution in [0.5, 0.6) is 5.75 Å². The van der Waals surface area contributed by atoms with Gasteiger partial charge in [0.2, 0.25) is 0 Å². The van der Waals surface area contributed by atoms with Gasteiger partial charge in [0.15, 0.2) is 0 Å². The minimum atomic E-state index is -2.91. The molecule has 5 nitrogen and oxygen atoms in total. The van der Waals surface area contributed by atoms with Crippen LogP contribution >= 0.6 is 0 Å². The van der Waals surface area contributed by atoms with Gasteiger partial charge in [-0.05, 0) is 61.0 Å². The second-order valence-corrected chi connectivity index (χ2v) is 6.21. The highest BCUT2D eigenvalue weighted by molar-refractivity contribution is 6.07. The van der Waals surface area contributed by atoms with Crippen molar-refractivity contribution >= 4 is 23.2 Å². The minimum Gasteiger partial charge on any atom is -0.435 e. The summed E-state index contributed by atoms with van der Waals surface area (Å²) in [5, 5.41) is 5.48. The third-order valence-electron chi connectivity index (χ3n) is 4.12. The molecule has 0 fully saturated rings. The number of nitrogens with one attached hydrogen (secondary N) is 2. The average molecular weight is 396 g/mol. The lowest BCUT2D eigenvalue weighted by Gasteiger charge is -2.11. The summed E-state index contributed by atoms with van der Waals surface area (Å²) in [5.41, 5.74) is 2.60. The molecule has 148 valence electrons. The smallest absolute Gasteiger partial charge is 0.387 e. The molecule has 0 aliphatic heterocycles. The highest BCUT2D eigenvalue weighted by Gasteiger charge is 2.12. The Labute approximate surface area is 166 Å². The minimum absolute atomic E-state index is 0.000699. The Kier molecular flexibility index (Phi) is 6.19. The van der Waals surface area contributed by atoms with Crippen LogP contribution < -0.4 is 15.4 Å². The monoisotopic (exact) mass is 396 g/mol. The molecule has 0 aromatic heterocycles. The zero-order valence-electron chi connectivity index (χ0n) is 15.5.